The van der Waals surface area contributed by atoms with Gasteiger partial charge in [-0.2, -0.15) is 0 Å². The van der Waals surface area contributed by atoms with E-state index in [0.717, 1.165) is 19.3 Å². The van der Waals surface area contributed by atoms with Crippen LogP contribution in [0, 0.1) is 11.7 Å². The Balaban J connectivity index is 0.00000162. The lowest BCUT2D eigenvalue weighted by atomic mass is 10.0. The minimum absolute atomic E-state index is 0. The zero-order chi connectivity index (χ0) is 12.3. The standard InChI is InChI=1S/C13H17FN2O.ClH/c14-11-6-2-1-4-9(11)8-16-13(17)10-5-3-7-12(10)15;/h1-2,4,6,10,12H,3,5,7-8,15H2,(H,16,17);1H. The van der Waals surface area contributed by atoms with Gasteiger partial charge < -0.3 is 11.1 Å². The predicted molar refractivity (Wildman–Crippen MR) is 70.8 cm³/mol. The van der Waals surface area contributed by atoms with Crippen LogP contribution in [0.15, 0.2) is 24.3 Å². The van der Waals surface area contributed by atoms with Gasteiger partial charge in [0.15, 0.2) is 0 Å². The Kier molecular flexibility index (Phi) is 5.56. The summed E-state index contributed by atoms with van der Waals surface area (Å²) in [5.74, 6) is -0.455. The molecule has 0 heterocycles. The average molecular weight is 273 g/mol. The Labute approximate surface area is 112 Å². The van der Waals surface area contributed by atoms with E-state index in [2.05, 4.69) is 5.32 Å². The Bertz CT molecular complexity index is 414. The maximum absolute atomic E-state index is 13.3. The molecule has 1 aromatic carbocycles. The number of hydrogen-bond donors (Lipinski definition) is 2. The molecule has 0 aliphatic heterocycles. The summed E-state index contributed by atoms with van der Waals surface area (Å²) >= 11 is 0. The zero-order valence-corrected chi connectivity index (χ0v) is 10.9. The number of rotatable bonds is 3. The number of benzene rings is 1. The quantitative estimate of drug-likeness (QED) is 0.884. The van der Waals surface area contributed by atoms with E-state index in [4.69, 9.17) is 5.73 Å². The molecule has 0 saturated heterocycles. The SMILES string of the molecule is Cl.NC1CCCC1C(=O)NCc1ccccc1F. The average Bonchev–Trinajstić information content (AvgIpc) is 2.74. The van der Waals surface area contributed by atoms with E-state index in [1.165, 1.54) is 6.07 Å². The third-order valence-corrected chi connectivity index (χ3v) is 3.32. The number of carbonyl (C=O) groups is 1. The lowest BCUT2D eigenvalue weighted by Crippen LogP contribution is -2.38. The second-order valence-electron chi connectivity index (χ2n) is 4.51. The molecule has 2 unspecified atom stereocenters. The minimum atomic E-state index is -0.288. The number of halogens is 2. The molecule has 1 aromatic rings. The number of nitrogens with two attached hydrogens (primary N) is 1. The molecule has 1 aliphatic rings. The fraction of sp³-hybridized carbons (Fsp3) is 0.462. The van der Waals surface area contributed by atoms with Crippen molar-refractivity contribution in [3.63, 3.8) is 0 Å². The van der Waals surface area contributed by atoms with Gasteiger partial charge >= 0.3 is 0 Å². The van der Waals surface area contributed by atoms with Crippen LogP contribution in [0.4, 0.5) is 4.39 Å². The summed E-state index contributed by atoms with van der Waals surface area (Å²) in [6, 6.07) is 6.41. The van der Waals surface area contributed by atoms with Crippen LogP contribution in [-0.2, 0) is 11.3 Å². The first-order valence-electron chi connectivity index (χ1n) is 5.95. The zero-order valence-electron chi connectivity index (χ0n) is 10.1. The normalized spacial score (nSPS) is 22.3. The second-order valence-corrected chi connectivity index (χ2v) is 4.51. The van der Waals surface area contributed by atoms with Gasteiger partial charge in [-0.05, 0) is 18.9 Å². The van der Waals surface area contributed by atoms with Crippen LogP contribution < -0.4 is 11.1 Å². The van der Waals surface area contributed by atoms with Gasteiger partial charge in [0.1, 0.15) is 5.82 Å². The van der Waals surface area contributed by atoms with Gasteiger partial charge in [0.2, 0.25) is 5.91 Å². The van der Waals surface area contributed by atoms with Crippen LogP contribution in [0.1, 0.15) is 24.8 Å². The van der Waals surface area contributed by atoms with Crippen molar-refractivity contribution in [3.05, 3.63) is 35.6 Å². The molecule has 3 N–H and O–H groups in total. The Hall–Kier alpha value is -1.13. The highest BCUT2D eigenvalue weighted by Crippen LogP contribution is 2.24. The number of amides is 1. The molecule has 2 rings (SSSR count). The first-order chi connectivity index (χ1) is 8.18. The van der Waals surface area contributed by atoms with Crippen molar-refractivity contribution in [1.29, 1.82) is 0 Å². The molecule has 0 bridgehead atoms. The maximum atomic E-state index is 13.3. The van der Waals surface area contributed by atoms with Crippen molar-refractivity contribution in [2.24, 2.45) is 11.7 Å². The summed E-state index contributed by atoms with van der Waals surface area (Å²) in [4.78, 5) is 11.8. The molecular weight excluding hydrogens is 255 g/mol. The van der Waals surface area contributed by atoms with Crippen molar-refractivity contribution in [2.75, 3.05) is 0 Å². The smallest absolute Gasteiger partial charge is 0.224 e. The number of nitrogens with one attached hydrogen (secondary N) is 1. The third-order valence-electron chi connectivity index (χ3n) is 3.32. The Morgan fingerprint density at radius 3 is 2.72 bits per heavy atom. The second kappa shape index (κ2) is 6.71. The van der Waals surface area contributed by atoms with Gasteiger partial charge in [-0.3, -0.25) is 4.79 Å². The van der Waals surface area contributed by atoms with Crippen LogP contribution in [0.5, 0.6) is 0 Å². The maximum Gasteiger partial charge on any atom is 0.224 e. The minimum Gasteiger partial charge on any atom is -0.352 e. The lowest BCUT2D eigenvalue weighted by molar-refractivity contribution is -0.125. The third kappa shape index (κ3) is 3.43. The molecular formula is C13H18ClFN2O. The van der Waals surface area contributed by atoms with E-state index in [0.29, 0.717) is 5.56 Å². The van der Waals surface area contributed by atoms with Gasteiger partial charge in [-0.1, -0.05) is 24.6 Å². The summed E-state index contributed by atoms with van der Waals surface area (Å²) < 4.78 is 13.3. The van der Waals surface area contributed by atoms with Crippen molar-refractivity contribution in [1.82, 2.24) is 5.32 Å². The van der Waals surface area contributed by atoms with Crippen molar-refractivity contribution < 1.29 is 9.18 Å². The first-order valence-corrected chi connectivity index (χ1v) is 5.95. The molecule has 0 radical (unpaired) electrons. The lowest BCUT2D eigenvalue weighted by Gasteiger charge is -2.15. The molecule has 1 aliphatic carbocycles. The van der Waals surface area contributed by atoms with E-state index in [1.807, 2.05) is 0 Å². The van der Waals surface area contributed by atoms with Gasteiger partial charge in [-0.25, -0.2) is 4.39 Å². The summed E-state index contributed by atoms with van der Waals surface area (Å²) in [7, 11) is 0. The molecule has 1 saturated carbocycles. The number of carbonyl (C=O) groups excluding carboxylic acids is 1. The topological polar surface area (TPSA) is 55.1 Å². The van der Waals surface area contributed by atoms with Crippen LogP contribution >= 0.6 is 12.4 Å². The molecule has 18 heavy (non-hydrogen) atoms. The fourth-order valence-corrected chi connectivity index (χ4v) is 2.27. The fourth-order valence-electron chi connectivity index (χ4n) is 2.27. The summed E-state index contributed by atoms with van der Waals surface area (Å²) in [5, 5.41) is 2.75. The van der Waals surface area contributed by atoms with Crippen LogP contribution in [0.2, 0.25) is 0 Å². The number of hydrogen-bond acceptors (Lipinski definition) is 2. The first kappa shape index (κ1) is 14.9. The summed E-state index contributed by atoms with van der Waals surface area (Å²) in [6.45, 7) is 0.231. The molecule has 0 aromatic heterocycles. The Morgan fingerprint density at radius 1 is 1.39 bits per heavy atom. The van der Waals surface area contributed by atoms with Crippen molar-refractivity contribution in [2.45, 2.75) is 31.8 Å². The van der Waals surface area contributed by atoms with E-state index in [1.54, 1.807) is 18.2 Å². The van der Waals surface area contributed by atoms with Crippen LogP contribution in [0.3, 0.4) is 0 Å². The van der Waals surface area contributed by atoms with Gasteiger partial charge in [-0.15, -0.1) is 12.4 Å². The van der Waals surface area contributed by atoms with Crippen LogP contribution in [0.25, 0.3) is 0 Å². The monoisotopic (exact) mass is 272 g/mol. The highest BCUT2D eigenvalue weighted by Gasteiger charge is 2.29. The van der Waals surface area contributed by atoms with Crippen molar-refractivity contribution >= 4 is 18.3 Å². The summed E-state index contributed by atoms with van der Waals surface area (Å²) in [5.41, 5.74) is 6.35. The molecule has 100 valence electrons. The highest BCUT2D eigenvalue weighted by molar-refractivity contribution is 5.85. The molecule has 3 nitrogen and oxygen atoms in total. The molecule has 2 atom stereocenters. The van der Waals surface area contributed by atoms with Gasteiger partial charge in [0.05, 0.1) is 5.92 Å². The molecule has 0 spiro atoms. The van der Waals surface area contributed by atoms with Crippen molar-refractivity contribution in [3.8, 4) is 0 Å². The van der Waals surface area contributed by atoms with E-state index in [9.17, 15) is 9.18 Å². The molecule has 1 amide bonds. The molecule has 1 fully saturated rings. The van der Waals surface area contributed by atoms with Gasteiger partial charge in [0, 0.05) is 18.2 Å². The van der Waals surface area contributed by atoms with Gasteiger partial charge in [0.25, 0.3) is 0 Å². The van der Waals surface area contributed by atoms with E-state index in [-0.39, 0.29) is 42.6 Å². The van der Waals surface area contributed by atoms with E-state index >= 15 is 0 Å². The van der Waals surface area contributed by atoms with E-state index < -0.39 is 0 Å². The Morgan fingerprint density at radius 2 is 2.11 bits per heavy atom. The predicted octanol–water partition coefficient (Wildman–Crippen LogP) is 1.99. The highest BCUT2D eigenvalue weighted by atomic mass is 35.5. The largest absolute Gasteiger partial charge is 0.352 e. The molecule has 5 heteroatoms. The van der Waals surface area contributed by atoms with Crippen LogP contribution in [-0.4, -0.2) is 11.9 Å². The summed E-state index contributed by atoms with van der Waals surface area (Å²) in [6.07, 6.45) is 2.74.